The Bertz CT molecular complexity index is 1470. The van der Waals surface area contributed by atoms with Gasteiger partial charge in [-0.2, -0.15) is 0 Å². The molecule has 0 saturated carbocycles. The maximum Gasteiger partial charge on any atom is 0.336 e. The van der Waals surface area contributed by atoms with Crippen LogP contribution in [0.3, 0.4) is 0 Å². The van der Waals surface area contributed by atoms with Crippen molar-refractivity contribution in [3.05, 3.63) is 69.7 Å². The number of amides is 1. The predicted molar refractivity (Wildman–Crippen MR) is 130 cm³/mol. The number of rotatable bonds is 9. The molecule has 2 heterocycles. The van der Waals surface area contributed by atoms with Crippen molar-refractivity contribution in [1.82, 2.24) is 10.3 Å². The number of aliphatic carboxylic acids is 1. The molecule has 0 unspecified atom stereocenters. The molecule has 9 nitrogen and oxygen atoms in total. The molecule has 0 bridgehead atoms. The second-order valence-electron chi connectivity index (χ2n) is 8.47. The first kappa shape index (κ1) is 23.9. The van der Waals surface area contributed by atoms with Crippen molar-refractivity contribution in [1.29, 1.82) is 0 Å². The Hall–Kier alpha value is -4.27. The fourth-order valence-electron chi connectivity index (χ4n) is 4.19. The summed E-state index contributed by atoms with van der Waals surface area (Å²) < 4.78 is 11.1. The van der Waals surface area contributed by atoms with Gasteiger partial charge in [-0.15, -0.1) is 0 Å². The van der Waals surface area contributed by atoms with E-state index in [0.29, 0.717) is 34.1 Å². The zero-order chi connectivity index (χ0) is 25.1. The van der Waals surface area contributed by atoms with Crippen LogP contribution in [-0.2, 0) is 22.4 Å². The van der Waals surface area contributed by atoms with Gasteiger partial charge in [0.25, 0.3) is 5.91 Å². The van der Waals surface area contributed by atoms with Gasteiger partial charge in [-0.05, 0) is 60.4 Å². The van der Waals surface area contributed by atoms with Crippen molar-refractivity contribution in [2.75, 3.05) is 6.61 Å². The van der Waals surface area contributed by atoms with Gasteiger partial charge in [0.05, 0.1) is 5.39 Å². The van der Waals surface area contributed by atoms with Crippen molar-refractivity contribution in [2.24, 2.45) is 0 Å². The number of aromatic hydroxyl groups is 1. The van der Waals surface area contributed by atoms with Gasteiger partial charge in [-0.1, -0.05) is 13.3 Å². The zero-order valence-electron chi connectivity index (χ0n) is 19.4. The minimum absolute atomic E-state index is 0.0176. The van der Waals surface area contributed by atoms with Crippen molar-refractivity contribution in [3.63, 3.8) is 0 Å². The number of phenols is 1. The topological polar surface area (TPSA) is 142 Å². The SMILES string of the molecule is CCCc1cc(=O)oc2cc(C)cc(OCC(=O)N[C@H](Cc3c[nH]c4ccc(O)cc34)C(=O)O)c12. The number of benzene rings is 2. The molecule has 0 saturated heterocycles. The van der Waals surface area contributed by atoms with Crippen LogP contribution < -0.4 is 15.7 Å². The Balaban J connectivity index is 1.52. The van der Waals surface area contributed by atoms with E-state index in [1.165, 1.54) is 12.1 Å². The molecule has 0 fully saturated rings. The molecule has 0 aliphatic carbocycles. The second-order valence-corrected chi connectivity index (χ2v) is 8.47. The Morgan fingerprint density at radius 2 is 1.97 bits per heavy atom. The number of aromatic amines is 1. The van der Waals surface area contributed by atoms with E-state index in [-0.39, 0.29) is 12.2 Å². The molecule has 0 spiro atoms. The first-order valence-corrected chi connectivity index (χ1v) is 11.3. The molecule has 4 N–H and O–H groups in total. The molecular formula is C26H26N2O7. The van der Waals surface area contributed by atoms with Crippen molar-refractivity contribution in [2.45, 2.75) is 39.2 Å². The van der Waals surface area contributed by atoms with Crippen LogP contribution in [0, 0.1) is 6.92 Å². The number of hydrogen-bond acceptors (Lipinski definition) is 6. The third-order valence-electron chi connectivity index (χ3n) is 5.72. The number of aryl methyl sites for hydroxylation is 2. The Morgan fingerprint density at radius 3 is 2.71 bits per heavy atom. The molecule has 1 atom stereocenters. The molecule has 35 heavy (non-hydrogen) atoms. The number of H-pyrrole nitrogens is 1. The van der Waals surface area contributed by atoms with E-state index in [2.05, 4.69) is 10.3 Å². The summed E-state index contributed by atoms with van der Waals surface area (Å²) in [4.78, 5) is 39.5. The summed E-state index contributed by atoms with van der Waals surface area (Å²) in [5.74, 6) is -1.35. The Labute approximate surface area is 200 Å². The number of carboxylic acid groups (broad SMARTS) is 1. The number of phenolic OH excluding ortho intramolecular Hbond substituents is 1. The average molecular weight is 479 g/mol. The average Bonchev–Trinajstić information content (AvgIpc) is 3.18. The van der Waals surface area contributed by atoms with Gasteiger partial charge < -0.3 is 29.7 Å². The summed E-state index contributed by atoms with van der Waals surface area (Å²) in [6.07, 6.45) is 3.11. The van der Waals surface area contributed by atoms with Crippen LogP contribution in [-0.4, -0.2) is 39.7 Å². The van der Waals surface area contributed by atoms with Gasteiger partial charge in [0, 0.05) is 29.6 Å². The zero-order valence-corrected chi connectivity index (χ0v) is 19.4. The monoisotopic (exact) mass is 478 g/mol. The molecule has 4 aromatic rings. The van der Waals surface area contributed by atoms with E-state index >= 15 is 0 Å². The maximum absolute atomic E-state index is 12.6. The molecular weight excluding hydrogens is 452 g/mol. The summed E-state index contributed by atoms with van der Waals surface area (Å²) >= 11 is 0. The van der Waals surface area contributed by atoms with Crippen molar-refractivity contribution >= 4 is 33.7 Å². The van der Waals surface area contributed by atoms with E-state index in [1.54, 1.807) is 30.5 Å². The molecule has 9 heteroatoms. The summed E-state index contributed by atoms with van der Waals surface area (Å²) in [5, 5.41) is 23.2. The molecule has 2 aromatic heterocycles. The molecule has 182 valence electrons. The van der Waals surface area contributed by atoms with Crippen LogP contribution in [0.15, 0.2) is 51.8 Å². The number of fused-ring (bicyclic) bond motifs is 2. The van der Waals surface area contributed by atoms with Crippen LogP contribution >= 0.6 is 0 Å². The number of ether oxygens (including phenoxy) is 1. The maximum atomic E-state index is 12.6. The lowest BCUT2D eigenvalue weighted by molar-refractivity contribution is -0.142. The highest BCUT2D eigenvalue weighted by Crippen LogP contribution is 2.30. The fraction of sp³-hybridized carbons (Fsp3) is 0.269. The van der Waals surface area contributed by atoms with E-state index in [0.717, 1.165) is 23.1 Å². The van der Waals surface area contributed by atoms with Crippen LogP contribution in [0.5, 0.6) is 11.5 Å². The molecule has 0 radical (unpaired) electrons. The molecule has 0 aliphatic heterocycles. The first-order valence-electron chi connectivity index (χ1n) is 11.3. The minimum Gasteiger partial charge on any atom is -0.508 e. The van der Waals surface area contributed by atoms with Crippen molar-refractivity contribution < 1.29 is 29.0 Å². The van der Waals surface area contributed by atoms with Crippen LogP contribution in [0.1, 0.15) is 30.0 Å². The molecule has 4 rings (SSSR count). The van der Waals surface area contributed by atoms with E-state index in [9.17, 15) is 24.6 Å². The largest absolute Gasteiger partial charge is 0.508 e. The highest BCUT2D eigenvalue weighted by atomic mass is 16.5. The van der Waals surface area contributed by atoms with Gasteiger partial charge in [0.1, 0.15) is 23.1 Å². The smallest absolute Gasteiger partial charge is 0.336 e. The quantitative estimate of drug-likeness (QED) is 0.270. The van der Waals surface area contributed by atoms with E-state index in [1.807, 2.05) is 13.8 Å². The highest BCUT2D eigenvalue weighted by molar-refractivity contribution is 5.89. The third-order valence-corrected chi connectivity index (χ3v) is 5.72. The van der Waals surface area contributed by atoms with Crippen LogP contribution in [0.4, 0.5) is 0 Å². The van der Waals surface area contributed by atoms with Crippen LogP contribution in [0.2, 0.25) is 0 Å². The van der Waals surface area contributed by atoms with Gasteiger partial charge in [0.2, 0.25) is 0 Å². The normalized spacial score (nSPS) is 12.1. The first-order chi connectivity index (χ1) is 16.7. The highest BCUT2D eigenvalue weighted by Gasteiger charge is 2.23. The summed E-state index contributed by atoms with van der Waals surface area (Å²) in [6.45, 7) is 3.39. The van der Waals surface area contributed by atoms with E-state index < -0.39 is 30.2 Å². The van der Waals surface area contributed by atoms with Gasteiger partial charge in [0.15, 0.2) is 6.61 Å². The lowest BCUT2D eigenvalue weighted by atomic mass is 10.0. The number of aromatic nitrogens is 1. The fourth-order valence-corrected chi connectivity index (χ4v) is 4.19. The number of nitrogens with one attached hydrogen (secondary N) is 2. The predicted octanol–water partition coefficient (Wildman–Crippen LogP) is 3.43. The lowest BCUT2D eigenvalue weighted by Crippen LogP contribution is -2.44. The standard InChI is InChI=1S/C26H26N2O7/c1-3-4-15-10-24(31)35-22-8-14(2)7-21(25(15)22)34-13-23(30)28-20(26(32)33)9-16-12-27-19-6-5-17(29)11-18(16)19/h5-8,10-12,20,27,29H,3-4,9,13H2,1-2H3,(H,28,30)(H,32,33)/t20-/m1/s1. The second kappa shape index (κ2) is 9.92. The lowest BCUT2D eigenvalue weighted by Gasteiger charge is -2.16. The summed E-state index contributed by atoms with van der Waals surface area (Å²) in [7, 11) is 0. The van der Waals surface area contributed by atoms with Gasteiger partial charge in [-0.25, -0.2) is 9.59 Å². The molecule has 0 aliphatic rings. The van der Waals surface area contributed by atoms with E-state index in [4.69, 9.17) is 9.15 Å². The summed E-state index contributed by atoms with van der Waals surface area (Å²) in [6, 6.07) is 8.48. The third kappa shape index (κ3) is 5.29. The number of hydrogen-bond donors (Lipinski definition) is 4. The number of carbonyl (C=O) groups is 2. The Morgan fingerprint density at radius 1 is 1.17 bits per heavy atom. The minimum atomic E-state index is -1.20. The number of carboxylic acids is 1. The Kier molecular flexibility index (Phi) is 6.77. The van der Waals surface area contributed by atoms with Crippen molar-refractivity contribution in [3.8, 4) is 11.5 Å². The molecule has 1 amide bonds. The van der Waals surface area contributed by atoms with Gasteiger partial charge in [-0.3, -0.25) is 4.79 Å². The summed E-state index contributed by atoms with van der Waals surface area (Å²) in [5.41, 5.74) is 2.87. The van der Waals surface area contributed by atoms with Crippen LogP contribution in [0.25, 0.3) is 21.9 Å². The molecule has 2 aromatic carbocycles. The number of carbonyl (C=O) groups excluding carboxylic acids is 1. The van der Waals surface area contributed by atoms with Gasteiger partial charge >= 0.3 is 11.6 Å².